The molecule has 0 aromatic carbocycles. The van der Waals surface area contributed by atoms with E-state index in [1.54, 1.807) is 44.4 Å². The average molecular weight is 387 g/mol. The second-order valence-electron chi connectivity index (χ2n) is 6.84. The number of carbonyl (C=O) groups is 1. The van der Waals surface area contributed by atoms with Crippen molar-refractivity contribution in [3.05, 3.63) is 53.9 Å². The SMILES string of the molecule is CCOC(CNC(=O)c1cccnc1)N(CC)Cc1nccc(C(C)(C)O)n1. The molecular formula is C20H29N5O3. The Morgan fingerprint density at radius 2 is 2.11 bits per heavy atom. The largest absolute Gasteiger partial charge is 0.384 e. The topological polar surface area (TPSA) is 100 Å². The van der Waals surface area contributed by atoms with Gasteiger partial charge in [0.1, 0.15) is 17.7 Å². The zero-order valence-corrected chi connectivity index (χ0v) is 16.9. The van der Waals surface area contributed by atoms with Crippen LogP contribution in [-0.4, -0.2) is 56.8 Å². The van der Waals surface area contributed by atoms with E-state index in [1.165, 1.54) is 6.20 Å². The van der Waals surface area contributed by atoms with Crippen molar-refractivity contribution in [2.75, 3.05) is 19.7 Å². The summed E-state index contributed by atoms with van der Waals surface area (Å²) < 4.78 is 5.84. The van der Waals surface area contributed by atoms with E-state index in [-0.39, 0.29) is 12.1 Å². The Morgan fingerprint density at radius 3 is 2.71 bits per heavy atom. The summed E-state index contributed by atoms with van der Waals surface area (Å²) in [5.41, 5.74) is 0.0274. The molecule has 0 fully saturated rings. The number of aliphatic hydroxyl groups is 1. The molecule has 8 heteroatoms. The number of pyridine rings is 1. The van der Waals surface area contributed by atoms with Crippen LogP contribution in [0.15, 0.2) is 36.8 Å². The molecule has 2 rings (SSSR count). The second kappa shape index (κ2) is 10.2. The van der Waals surface area contributed by atoms with E-state index in [4.69, 9.17) is 4.74 Å². The average Bonchev–Trinajstić information content (AvgIpc) is 2.69. The molecule has 0 aliphatic carbocycles. The molecule has 0 spiro atoms. The van der Waals surface area contributed by atoms with Gasteiger partial charge in [-0.15, -0.1) is 0 Å². The van der Waals surface area contributed by atoms with Crippen molar-refractivity contribution >= 4 is 5.91 Å². The van der Waals surface area contributed by atoms with E-state index in [0.29, 0.717) is 43.3 Å². The molecule has 28 heavy (non-hydrogen) atoms. The number of hydrogen-bond acceptors (Lipinski definition) is 7. The van der Waals surface area contributed by atoms with Crippen molar-refractivity contribution in [1.29, 1.82) is 0 Å². The molecule has 0 radical (unpaired) electrons. The highest BCUT2D eigenvalue weighted by atomic mass is 16.5. The van der Waals surface area contributed by atoms with Gasteiger partial charge in [-0.1, -0.05) is 6.92 Å². The Labute approximate surface area is 166 Å². The van der Waals surface area contributed by atoms with Gasteiger partial charge in [-0.3, -0.25) is 14.7 Å². The molecular weight excluding hydrogens is 358 g/mol. The lowest BCUT2D eigenvalue weighted by Crippen LogP contribution is -2.45. The van der Waals surface area contributed by atoms with Crippen LogP contribution in [0, 0.1) is 0 Å². The van der Waals surface area contributed by atoms with Crippen molar-refractivity contribution in [2.45, 2.75) is 46.1 Å². The number of likely N-dealkylation sites (N-methyl/N-ethyl adjacent to an activating group) is 1. The van der Waals surface area contributed by atoms with E-state index in [0.717, 1.165) is 0 Å². The normalized spacial score (nSPS) is 12.8. The molecule has 1 atom stereocenters. The Hall–Kier alpha value is -2.42. The van der Waals surface area contributed by atoms with Crippen molar-refractivity contribution in [3.63, 3.8) is 0 Å². The molecule has 1 amide bonds. The minimum Gasteiger partial charge on any atom is -0.384 e. The fourth-order valence-corrected chi connectivity index (χ4v) is 2.68. The lowest BCUT2D eigenvalue weighted by Gasteiger charge is -2.30. The number of hydrogen-bond donors (Lipinski definition) is 2. The monoisotopic (exact) mass is 387 g/mol. The smallest absolute Gasteiger partial charge is 0.252 e. The predicted octanol–water partition coefficient (Wildman–Crippen LogP) is 1.71. The van der Waals surface area contributed by atoms with Gasteiger partial charge < -0.3 is 15.2 Å². The lowest BCUT2D eigenvalue weighted by molar-refractivity contribution is -0.0551. The number of nitrogens with zero attached hydrogens (tertiary/aromatic N) is 4. The summed E-state index contributed by atoms with van der Waals surface area (Å²) in [4.78, 5) is 27.1. The lowest BCUT2D eigenvalue weighted by atomic mass is 10.1. The summed E-state index contributed by atoms with van der Waals surface area (Å²) in [6.45, 7) is 9.25. The van der Waals surface area contributed by atoms with Crippen molar-refractivity contribution in [2.24, 2.45) is 0 Å². The van der Waals surface area contributed by atoms with Gasteiger partial charge in [-0.25, -0.2) is 9.97 Å². The maximum absolute atomic E-state index is 12.3. The molecule has 2 aromatic heterocycles. The highest BCUT2D eigenvalue weighted by molar-refractivity contribution is 5.93. The Balaban J connectivity index is 2.06. The van der Waals surface area contributed by atoms with Gasteiger partial charge in [0, 0.05) is 25.2 Å². The van der Waals surface area contributed by atoms with E-state index in [9.17, 15) is 9.90 Å². The van der Waals surface area contributed by atoms with E-state index in [2.05, 4.69) is 20.3 Å². The first-order valence-electron chi connectivity index (χ1n) is 9.43. The summed E-state index contributed by atoms with van der Waals surface area (Å²) in [5, 5.41) is 13.1. The number of amides is 1. The maximum atomic E-state index is 12.3. The minimum absolute atomic E-state index is 0.200. The first kappa shape index (κ1) is 21.9. The predicted molar refractivity (Wildman–Crippen MR) is 105 cm³/mol. The van der Waals surface area contributed by atoms with Crippen molar-refractivity contribution < 1.29 is 14.6 Å². The van der Waals surface area contributed by atoms with Gasteiger partial charge in [0.2, 0.25) is 0 Å². The number of carbonyl (C=O) groups excluding carboxylic acids is 1. The second-order valence-corrected chi connectivity index (χ2v) is 6.84. The minimum atomic E-state index is -1.04. The summed E-state index contributed by atoms with van der Waals surface area (Å²) in [6, 6.07) is 5.14. The van der Waals surface area contributed by atoms with Gasteiger partial charge in [0.25, 0.3) is 5.91 Å². The van der Waals surface area contributed by atoms with Crippen LogP contribution in [0.25, 0.3) is 0 Å². The summed E-state index contributed by atoms with van der Waals surface area (Å²) in [6.07, 6.45) is 4.47. The molecule has 0 saturated carbocycles. The summed E-state index contributed by atoms with van der Waals surface area (Å²) in [7, 11) is 0. The van der Waals surface area contributed by atoms with Crippen LogP contribution in [0.4, 0.5) is 0 Å². The van der Waals surface area contributed by atoms with Crippen molar-refractivity contribution in [1.82, 2.24) is 25.2 Å². The molecule has 0 aliphatic heterocycles. The highest BCUT2D eigenvalue weighted by Crippen LogP contribution is 2.17. The van der Waals surface area contributed by atoms with Crippen LogP contribution in [0.2, 0.25) is 0 Å². The highest BCUT2D eigenvalue weighted by Gasteiger charge is 2.22. The van der Waals surface area contributed by atoms with Crippen LogP contribution in [-0.2, 0) is 16.9 Å². The third-order valence-corrected chi connectivity index (χ3v) is 4.21. The van der Waals surface area contributed by atoms with Gasteiger partial charge in [0.15, 0.2) is 0 Å². The summed E-state index contributed by atoms with van der Waals surface area (Å²) >= 11 is 0. The molecule has 0 aliphatic rings. The fourth-order valence-electron chi connectivity index (χ4n) is 2.68. The zero-order valence-electron chi connectivity index (χ0n) is 16.9. The third kappa shape index (κ3) is 6.33. The standard InChI is InChI=1S/C20H29N5O3/c1-5-25(14-17-22-11-9-16(24-17)20(3,4)27)18(28-6-2)13-23-19(26)15-8-7-10-21-12-15/h7-12,18,27H,5-6,13-14H2,1-4H3,(H,23,26). The molecule has 152 valence electrons. The third-order valence-electron chi connectivity index (χ3n) is 4.21. The number of rotatable bonds is 10. The molecule has 2 aromatic rings. The fraction of sp³-hybridized carbons (Fsp3) is 0.500. The van der Waals surface area contributed by atoms with E-state index in [1.807, 2.05) is 18.7 Å². The molecule has 2 N–H and O–H groups in total. The van der Waals surface area contributed by atoms with Gasteiger partial charge >= 0.3 is 0 Å². The number of nitrogens with one attached hydrogen (secondary N) is 1. The van der Waals surface area contributed by atoms with Gasteiger partial charge in [-0.05, 0) is 45.5 Å². The quantitative estimate of drug-likeness (QED) is 0.599. The van der Waals surface area contributed by atoms with Crippen LogP contribution in [0.1, 0.15) is 49.6 Å². The summed E-state index contributed by atoms with van der Waals surface area (Å²) in [5.74, 6) is 0.388. The van der Waals surface area contributed by atoms with Crippen LogP contribution >= 0.6 is 0 Å². The van der Waals surface area contributed by atoms with E-state index >= 15 is 0 Å². The molecule has 8 nitrogen and oxygen atoms in total. The van der Waals surface area contributed by atoms with Crippen LogP contribution in [0.5, 0.6) is 0 Å². The van der Waals surface area contributed by atoms with Crippen molar-refractivity contribution in [3.8, 4) is 0 Å². The Morgan fingerprint density at radius 1 is 1.32 bits per heavy atom. The zero-order chi connectivity index (χ0) is 20.6. The molecule has 0 bridgehead atoms. The first-order chi connectivity index (χ1) is 13.3. The molecule has 1 unspecified atom stereocenters. The first-order valence-corrected chi connectivity index (χ1v) is 9.43. The van der Waals surface area contributed by atoms with Gasteiger partial charge in [0.05, 0.1) is 24.3 Å². The Kier molecular flexibility index (Phi) is 7.98. The number of ether oxygens (including phenoxy) is 1. The van der Waals surface area contributed by atoms with Crippen LogP contribution in [0.3, 0.4) is 0 Å². The van der Waals surface area contributed by atoms with Gasteiger partial charge in [-0.2, -0.15) is 0 Å². The molecule has 0 saturated heterocycles. The maximum Gasteiger partial charge on any atom is 0.252 e. The van der Waals surface area contributed by atoms with E-state index < -0.39 is 5.60 Å². The molecule has 2 heterocycles. The van der Waals surface area contributed by atoms with Crippen LogP contribution < -0.4 is 5.32 Å². The number of aromatic nitrogens is 3. The Bertz CT molecular complexity index is 749.